The third-order valence-electron chi connectivity index (χ3n) is 1.73. The lowest BCUT2D eigenvalue weighted by Gasteiger charge is -2.14. The Hall–Kier alpha value is -1.51. The second-order valence-corrected chi connectivity index (χ2v) is 4.16. The van der Waals surface area contributed by atoms with Crippen LogP contribution in [0.25, 0.3) is 0 Å². The summed E-state index contributed by atoms with van der Waals surface area (Å²) in [6.45, 7) is 0. The van der Waals surface area contributed by atoms with Crippen LogP contribution in [-0.2, 0) is 10.4 Å². The number of hydrogen-bond acceptors (Lipinski definition) is 5. The number of nitrogens with two attached hydrogens (primary N) is 1. The molecule has 0 radical (unpaired) electrons. The highest BCUT2D eigenvalue weighted by Gasteiger charge is 2.01. The first-order chi connectivity index (χ1) is 7.65. The van der Waals surface area contributed by atoms with Crippen LogP contribution in [0.4, 0.5) is 11.4 Å². The molecule has 0 spiro atoms. The second kappa shape index (κ2) is 6.28. The lowest BCUT2D eigenvalue weighted by Crippen LogP contribution is -2.08. The van der Waals surface area contributed by atoms with Gasteiger partial charge in [0.1, 0.15) is 5.75 Å². The first-order valence-corrected chi connectivity index (χ1v) is 5.85. The van der Waals surface area contributed by atoms with Crippen LogP contribution in [0.5, 0.6) is 5.75 Å². The fraction of sp³-hybridized carbons (Fsp3) is 0.333. The van der Waals surface area contributed by atoms with Gasteiger partial charge in [-0.25, -0.2) is 0 Å². The predicted octanol–water partition coefficient (Wildman–Crippen LogP) is 0.691. The van der Waals surface area contributed by atoms with Gasteiger partial charge in [-0.05, 0) is 12.1 Å². The topological polar surface area (TPSA) is 113 Å². The zero-order valence-corrected chi connectivity index (χ0v) is 10.6. The molecule has 0 aliphatic carbocycles. The van der Waals surface area contributed by atoms with Crippen molar-refractivity contribution in [3.63, 3.8) is 0 Å². The summed E-state index contributed by atoms with van der Waals surface area (Å²) >= 11 is 0. The molecular formula is C9H16N2O5S. The van der Waals surface area contributed by atoms with Crippen molar-refractivity contribution in [1.29, 1.82) is 0 Å². The number of benzene rings is 1. The minimum Gasteiger partial charge on any atom is -0.495 e. The van der Waals surface area contributed by atoms with Crippen molar-refractivity contribution >= 4 is 21.8 Å². The Morgan fingerprint density at radius 3 is 2.12 bits per heavy atom. The molecule has 0 atom stereocenters. The molecule has 0 heterocycles. The van der Waals surface area contributed by atoms with E-state index < -0.39 is 10.4 Å². The van der Waals surface area contributed by atoms with Crippen molar-refractivity contribution in [2.75, 3.05) is 31.8 Å². The van der Waals surface area contributed by atoms with Crippen LogP contribution in [0.3, 0.4) is 0 Å². The van der Waals surface area contributed by atoms with E-state index in [2.05, 4.69) is 0 Å². The first-order valence-electron chi connectivity index (χ1n) is 4.46. The molecule has 0 saturated carbocycles. The van der Waals surface area contributed by atoms with Gasteiger partial charge in [0.25, 0.3) is 0 Å². The Labute approximate surface area is 100 Å². The van der Waals surface area contributed by atoms with Crippen molar-refractivity contribution in [3.8, 4) is 5.75 Å². The number of rotatable bonds is 2. The maximum atomic E-state index is 8.74. The minimum absolute atomic E-state index is 0.670. The van der Waals surface area contributed by atoms with Crippen LogP contribution in [0.1, 0.15) is 0 Å². The molecule has 17 heavy (non-hydrogen) atoms. The Kier molecular flexibility index (Phi) is 5.72. The summed E-state index contributed by atoms with van der Waals surface area (Å²) in [5.74, 6) is 0.723. The average molecular weight is 264 g/mol. The Bertz CT molecular complexity index is 450. The Balaban J connectivity index is 0.000000437. The third kappa shape index (κ3) is 7.39. The second-order valence-electron chi connectivity index (χ2n) is 3.27. The summed E-state index contributed by atoms with van der Waals surface area (Å²) in [5, 5.41) is 0. The summed E-state index contributed by atoms with van der Waals surface area (Å²) in [6, 6.07) is 5.71. The number of anilines is 2. The van der Waals surface area contributed by atoms with Crippen LogP contribution >= 0.6 is 0 Å². The van der Waals surface area contributed by atoms with Crippen LogP contribution in [-0.4, -0.2) is 38.7 Å². The number of nitrogens with zero attached hydrogens (tertiary/aromatic N) is 1. The quantitative estimate of drug-likeness (QED) is 0.532. The van der Waals surface area contributed by atoms with Crippen LogP contribution in [0, 0.1) is 0 Å². The van der Waals surface area contributed by atoms with Crippen molar-refractivity contribution in [1.82, 2.24) is 0 Å². The molecule has 98 valence electrons. The molecule has 1 rings (SSSR count). The molecular weight excluding hydrogens is 248 g/mol. The van der Waals surface area contributed by atoms with Gasteiger partial charge in [-0.3, -0.25) is 9.11 Å². The predicted molar refractivity (Wildman–Crippen MR) is 65.9 cm³/mol. The summed E-state index contributed by atoms with van der Waals surface area (Å²) in [6.07, 6.45) is 0. The van der Waals surface area contributed by atoms with Gasteiger partial charge < -0.3 is 15.4 Å². The van der Waals surface area contributed by atoms with Crippen molar-refractivity contribution in [2.24, 2.45) is 0 Å². The maximum absolute atomic E-state index is 8.74. The molecule has 0 unspecified atom stereocenters. The van der Waals surface area contributed by atoms with Gasteiger partial charge in [-0.2, -0.15) is 8.42 Å². The molecule has 1 aromatic rings. The van der Waals surface area contributed by atoms with Crippen LogP contribution in [0.2, 0.25) is 0 Å². The lowest BCUT2D eigenvalue weighted by atomic mass is 10.2. The SMILES string of the molecule is COc1cc(N(C)C)ccc1N.O=S(=O)(O)O. The molecule has 0 saturated heterocycles. The standard InChI is InChI=1S/C9H14N2O.H2O4S/c1-11(2)7-4-5-8(10)9(6-7)12-3;1-5(2,3)4/h4-6H,10H2,1-3H3;(H2,1,2,3,4). The van der Waals surface area contributed by atoms with Gasteiger partial charge in [0.05, 0.1) is 12.8 Å². The van der Waals surface area contributed by atoms with Crippen molar-refractivity contribution < 1.29 is 22.3 Å². The molecule has 0 bridgehead atoms. The average Bonchev–Trinajstić information content (AvgIpc) is 2.15. The fourth-order valence-electron chi connectivity index (χ4n) is 0.978. The highest BCUT2D eigenvalue weighted by molar-refractivity contribution is 7.79. The third-order valence-corrected chi connectivity index (χ3v) is 1.73. The normalized spacial score (nSPS) is 10.2. The van der Waals surface area contributed by atoms with E-state index in [1.807, 2.05) is 37.2 Å². The van der Waals surface area contributed by atoms with Crippen LogP contribution in [0.15, 0.2) is 18.2 Å². The maximum Gasteiger partial charge on any atom is 0.394 e. The zero-order valence-electron chi connectivity index (χ0n) is 9.78. The Morgan fingerprint density at radius 1 is 1.29 bits per heavy atom. The molecule has 0 aromatic heterocycles. The summed E-state index contributed by atoms with van der Waals surface area (Å²) in [4.78, 5) is 2.00. The van der Waals surface area contributed by atoms with E-state index in [9.17, 15) is 0 Å². The van der Waals surface area contributed by atoms with E-state index in [0.29, 0.717) is 5.69 Å². The van der Waals surface area contributed by atoms with Gasteiger partial charge in [-0.15, -0.1) is 0 Å². The molecule has 0 fully saturated rings. The first kappa shape index (κ1) is 15.5. The summed E-state index contributed by atoms with van der Waals surface area (Å²) in [7, 11) is 0.904. The summed E-state index contributed by atoms with van der Waals surface area (Å²) in [5.41, 5.74) is 7.41. The van der Waals surface area contributed by atoms with Crippen LogP contribution < -0.4 is 15.4 Å². The number of nitrogen functional groups attached to an aromatic ring is 1. The van der Waals surface area contributed by atoms with Gasteiger partial charge >= 0.3 is 10.4 Å². The van der Waals surface area contributed by atoms with E-state index in [0.717, 1.165) is 11.4 Å². The van der Waals surface area contributed by atoms with Gasteiger partial charge in [0.15, 0.2) is 0 Å². The zero-order chi connectivity index (χ0) is 13.6. The monoisotopic (exact) mass is 264 g/mol. The highest BCUT2D eigenvalue weighted by atomic mass is 32.3. The molecule has 1 aromatic carbocycles. The smallest absolute Gasteiger partial charge is 0.394 e. The number of hydrogen-bond donors (Lipinski definition) is 3. The number of methoxy groups -OCH3 is 1. The molecule has 7 nitrogen and oxygen atoms in total. The molecule has 4 N–H and O–H groups in total. The van der Waals surface area contributed by atoms with Gasteiger partial charge in [0.2, 0.25) is 0 Å². The molecule has 0 aliphatic rings. The van der Waals surface area contributed by atoms with E-state index >= 15 is 0 Å². The van der Waals surface area contributed by atoms with E-state index in [1.54, 1.807) is 7.11 Å². The van der Waals surface area contributed by atoms with Crippen molar-refractivity contribution in [3.05, 3.63) is 18.2 Å². The van der Waals surface area contributed by atoms with E-state index in [4.69, 9.17) is 28.0 Å². The molecule has 8 heteroatoms. The lowest BCUT2D eigenvalue weighted by molar-refractivity contribution is 0.381. The van der Waals surface area contributed by atoms with E-state index in [1.165, 1.54) is 0 Å². The molecule has 0 aliphatic heterocycles. The Morgan fingerprint density at radius 2 is 1.76 bits per heavy atom. The van der Waals surface area contributed by atoms with E-state index in [-0.39, 0.29) is 0 Å². The summed E-state index contributed by atoms with van der Waals surface area (Å²) < 4.78 is 36.7. The number of ether oxygens (including phenoxy) is 1. The fourth-order valence-corrected chi connectivity index (χ4v) is 0.978. The minimum atomic E-state index is -4.67. The van der Waals surface area contributed by atoms with Crippen molar-refractivity contribution in [2.45, 2.75) is 0 Å². The van der Waals surface area contributed by atoms with Gasteiger partial charge in [-0.1, -0.05) is 0 Å². The largest absolute Gasteiger partial charge is 0.495 e. The molecule has 0 amide bonds. The van der Waals surface area contributed by atoms with Gasteiger partial charge in [0, 0.05) is 25.8 Å². The highest BCUT2D eigenvalue weighted by Crippen LogP contribution is 2.25.